The summed E-state index contributed by atoms with van der Waals surface area (Å²) in [5.41, 5.74) is -1.64. The first-order chi connectivity index (χ1) is 18.3. The Morgan fingerprint density at radius 2 is 1.13 bits per heavy atom. The number of amides is 2. The second kappa shape index (κ2) is 19.1. The Bertz CT molecular complexity index is 946. The Kier molecular flexibility index (Phi) is 16.6. The average molecular weight is 542 g/mol. The summed E-state index contributed by atoms with van der Waals surface area (Å²) in [6.45, 7) is 5.43. The standard InChI is InChI=1S/C26H47N5O7/c1-5-6-11-16-21(2)31-25(35)29(19-14-9-7-12-17-27-22(32)37-3)24(34)30(26(31)36)20-15-10-8-13-18-28-23(33)38-4/h21H,5-20H2,1-4H3,(H,27,32)(H,28,33). The number of carbonyl (C=O) groups is 2. The van der Waals surface area contributed by atoms with Crippen LogP contribution in [-0.2, 0) is 22.6 Å². The van der Waals surface area contributed by atoms with Crippen LogP contribution >= 0.6 is 0 Å². The monoisotopic (exact) mass is 541 g/mol. The molecule has 0 aromatic carbocycles. The Morgan fingerprint density at radius 3 is 1.55 bits per heavy atom. The lowest BCUT2D eigenvalue weighted by molar-refractivity contribution is 0.170. The van der Waals surface area contributed by atoms with Crippen LogP contribution in [-0.4, -0.2) is 53.2 Å². The first-order valence-electron chi connectivity index (χ1n) is 13.9. The normalized spacial score (nSPS) is 11.7. The zero-order valence-electron chi connectivity index (χ0n) is 23.6. The van der Waals surface area contributed by atoms with Gasteiger partial charge in [0, 0.05) is 32.2 Å². The number of hydrogen-bond acceptors (Lipinski definition) is 7. The third-order valence-corrected chi connectivity index (χ3v) is 6.53. The maximum Gasteiger partial charge on any atom is 0.406 e. The molecule has 1 heterocycles. The molecule has 12 heteroatoms. The topological polar surface area (TPSA) is 143 Å². The van der Waals surface area contributed by atoms with Crippen molar-refractivity contribution >= 4 is 12.2 Å². The van der Waals surface area contributed by atoms with Gasteiger partial charge in [-0.15, -0.1) is 0 Å². The molecule has 0 aliphatic rings. The van der Waals surface area contributed by atoms with Crippen LogP contribution < -0.4 is 27.7 Å². The van der Waals surface area contributed by atoms with Gasteiger partial charge in [-0.3, -0.25) is 0 Å². The molecule has 38 heavy (non-hydrogen) atoms. The highest BCUT2D eigenvalue weighted by Gasteiger charge is 2.19. The molecule has 12 nitrogen and oxygen atoms in total. The van der Waals surface area contributed by atoms with E-state index in [4.69, 9.17) is 0 Å². The molecule has 1 aromatic heterocycles. The maximum absolute atomic E-state index is 13.2. The van der Waals surface area contributed by atoms with E-state index < -0.39 is 29.3 Å². The molecule has 218 valence electrons. The second-order valence-corrected chi connectivity index (χ2v) is 9.53. The number of ether oxygens (including phenoxy) is 2. The van der Waals surface area contributed by atoms with E-state index in [1.807, 2.05) is 6.92 Å². The molecule has 1 rings (SSSR count). The van der Waals surface area contributed by atoms with Gasteiger partial charge >= 0.3 is 29.3 Å². The van der Waals surface area contributed by atoms with Gasteiger partial charge in [-0.25, -0.2) is 37.7 Å². The van der Waals surface area contributed by atoms with Crippen LogP contribution in [0, 0.1) is 0 Å². The van der Waals surface area contributed by atoms with E-state index >= 15 is 0 Å². The predicted octanol–water partition coefficient (Wildman–Crippen LogP) is 3.15. The molecule has 0 bridgehead atoms. The van der Waals surface area contributed by atoms with Crippen LogP contribution in [0.25, 0.3) is 0 Å². The molecule has 0 radical (unpaired) electrons. The number of alkyl carbamates (subject to hydrolysis) is 2. The highest BCUT2D eigenvalue weighted by atomic mass is 16.5. The van der Waals surface area contributed by atoms with Crippen molar-refractivity contribution in [3.05, 3.63) is 31.5 Å². The summed E-state index contributed by atoms with van der Waals surface area (Å²) < 4.78 is 12.7. The number of methoxy groups -OCH3 is 2. The van der Waals surface area contributed by atoms with Gasteiger partial charge in [-0.05, 0) is 39.0 Å². The third-order valence-electron chi connectivity index (χ3n) is 6.53. The van der Waals surface area contributed by atoms with Gasteiger partial charge in [-0.2, -0.15) is 0 Å². The highest BCUT2D eigenvalue weighted by molar-refractivity contribution is 5.67. The van der Waals surface area contributed by atoms with E-state index in [1.165, 1.54) is 27.9 Å². The van der Waals surface area contributed by atoms with Gasteiger partial charge < -0.3 is 20.1 Å². The Labute approximate surface area is 224 Å². The van der Waals surface area contributed by atoms with E-state index in [-0.39, 0.29) is 19.1 Å². The zero-order chi connectivity index (χ0) is 28.3. The van der Waals surface area contributed by atoms with Gasteiger partial charge in [0.05, 0.1) is 14.2 Å². The van der Waals surface area contributed by atoms with Crippen LogP contribution in [0.2, 0.25) is 0 Å². The Morgan fingerprint density at radius 1 is 0.684 bits per heavy atom. The van der Waals surface area contributed by atoms with Gasteiger partial charge in [0.15, 0.2) is 0 Å². The molecule has 0 saturated carbocycles. The summed E-state index contributed by atoms with van der Waals surface area (Å²) in [4.78, 5) is 61.9. The summed E-state index contributed by atoms with van der Waals surface area (Å²) in [5.74, 6) is 0. The fourth-order valence-corrected chi connectivity index (χ4v) is 4.25. The number of carbonyl (C=O) groups excluding carboxylic acids is 2. The Balaban J connectivity index is 2.88. The van der Waals surface area contributed by atoms with Crippen molar-refractivity contribution < 1.29 is 19.1 Å². The molecule has 1 aromatic rings. The SMILES string of the molecule is CCCCCC(C)n1c(=O)n(CCCCCCNC(=O)OC)c(=O)n(CCCCCCNC(=O)OC)c1=O. The van der Waals surface area contributed by atoms with E-state index in [1.54, 1.807) is 0 Å². The highest BCUT2D eigenvalue weighted by Crippen LogP contribution is 2.11. The number of nitrogens with zero attached hydrogens (tertiary/aromatic N) is 3. The molecule has 1 unspecified atom stereocenters. The van der Waals surface area contributed by atoms with Crippen molar-refractivity contribution in [3.8, 4) is 0 Å². The van der Waals surface area contributed by atoms with Crippen molar-refractivity contribution in [2.24, 2.45) is 0 Å². The van der Waals surface area contributed by atoms with Crippen LogP contribution in [0.4, 0.5) is 9.59 Å². The third kappa shape index (κ3) is 11.6. The van der Waals surface area contributed by atoms with Gasteiger partial charge in [0.1, 0.15) is 0 Å². The number of unbranched alkanes of at least 4 members (excludes halogenated alkanes) is 8. The minimum Gasteiger partial charge on any atom is -0.453 e. The van der Waals surface area contributed by atoms with E-state index in [9.17, 15) is 24.0 Å². The minimum atomic E-state index is -0.559. The first kappa shape index (κ1) is 33.0. The van der Waals surface area contributed by atoms with Crippen LogP contribution in [0.1, 0.15) is 96.9 Å². The molecular weight excluding hydrogens is 494 g/mol. The number of aromatic nitrogens is 3. The molecule has 0 aliphatic heterocycles. The summed E-state index contributed by atoms with van der Waals surface area (Å²) in [6, 6.07) is -0.298. The molecule has 2 N–H and O–H groups in total. The fourth-order valence-electron chi connectivity index (χ4n) is 4.25. The van der Waals surface area contributed by atoms with Crippen molar-refractivity contribution in [1.82, 2.24) is 24.3 Å². The van der Waals surface area contributed by atoms with E-state index in [0.29, 0.717) is 32.4 Å². The summed E-state index contributed by atoms with van der Waals surface area (Å²) >= 11 is 0. The summed E-state index contributed by atoms with van der Waals surface area (Å²) in [6.07, 6.45) is 8.67. The lowest BCUT2D eigenvalue weighted by Crippen LogP contribution is -2.55. The second-order valence-electron chi connectivity index (χ2n) is 9.53. The van der Waals surface area contributed by atoms with E-state index in [2.05, 4.69) is 27.0 Å². The lowest BCUT2D eigenvalue weighted by atomic mass is 10.1. The minimum absolute atomic E-state index is 0.239. The molecule has 0 aliphatic carbocycles. The largest absolute Gasteiger partial charge is 0.453 e. The summed E-state index contributed by atoms with van der Waals surface area (Å²) in [5, 5.41) is 5.25. The average Bonchev–Trinajstić information content (AvgIpc) is 2.90. The van der Waals surface area contributed by atoms with Crippen molar-refractivity contribution in [1.29, 1.82) is 0 Å². The van der Waals surface area contributed by atoms with Crippen LogP contribution in [0.15, 0.2) is 14.4 Å². The fraction of sp³-hybridized carbons (Fsp3) is 0.808. The summed E-state index contributed by atoms with van der Waals surface area (Å²) in [7, 11) is 2.63. The van der Waals surface area contributed by atoms with Gasteiger partial charge in [-0.1, -0.05) is 51.9 Å². The molecule has 0 fully saturated rings. The lowest BCUT2D eigenvalue weighted by Gasteiger charge is -2.18. The van der Waals surface area contributed by atoms with Crippen molar-refractivity contribution in [2.45, 2.75) is 110 Å². The van der Waals surface area contributed by atoms with Gasteiger partial charge in [0.25, 0.3) is 0 Å². The molecule has 2 amide bonds. The number of hydrogen-bond donors (Lipinski definition) is 2. The Hall–Kier alpha value is -3.05. The molecular formula is C26H47N5O7. The zero-order valence-corrected chi connectivity index (χ0v) is 23.6. The predicted molar refractivity (Wildman–Crippen MR) is 146 cm³/mol. The maximum atomic E-state index is 13.2. The number of nitrogens with one attached hydrogen (secondary N) is 2. The van der Waals surface area contributed by atoms with Gasteiger partial charge in [0.2, 0.25) is 0 Å². The molecule has 0 spiro atoms. The van der Waals surface area contributed by atoms with Crippen LogP contribution in [0.5, 0.6) is 0 Å². The first-order valence-corrected chi connectivity index (χ1v) is 13.9. The van der Waals surface area contributed by atoms with Crippen molar-refractivity contribution in [3.63, 3.8) is 0 Å². The van der Waals surface area contributed by atoms with Crippen molar-refractivity contribution in [2.75, 3.05) is 27.3 Å². The molecule has 0 saturated heterocycles. The number of rotatable bonds is 19. The molecule has 1 atom stereocenters. The quantitative estimate of drug-likeness (QED) is 0.256. The van der Waals surface area contributed by atoms with E-state index in [0.717, 1.165) is 57.8 Å². The smallest absolute Gasteiger partial charge is 0.406 e. The van der Waals surface area contributed by atoms with Crippen LogP contribution in [0.3, 0.4) is 0 Å².